The second-order valence-corrected chi connectivity index (χ2v) is 4.18. The van der Waals surface area contributed by atoms with E-state index in [-0.39, 0.29) is 11.9 Å². The zero-order valence-electron chi connectivity index (χ0n) is 9.00. The van der Waals surface area contributed by atoms with Crippen LogP contribution >= 0.6 is 15.9 Å². The molecule has 82 valence electrons. The Bertz CT molecular complexity index is 336. The molecule has 3 heteroatoms. The first-order valence-corrected chi connectivity index (χ1v) is 5.90. The van der Waals surface area contributed by atoms with E-state index in [1.165, 1.54) is 0 Å². The zero-order chi connectivity index (χ0) is 11.3. The highest BCUT2D eigenvalue weighted by Gasteiger charge is 2.19. The Morgan fingerprint density at radius 3 is 2.73 bits per heavy atom. The summed E-state index contributed by atoms with van der Waals surface area (Å²) in [4.78, 5) is 11.6. The van der Waals surface area contributed by atoms with Crippen molar-refractivity contribution in [3.05, 3.63) is 34.3 Å². The van der Waals surface area contributed by atoms with Crippen molar-refractivity contribution in [2.45, 2.75) is 26.2 Å². The third kappa shape index (κ3) is 3.34. The molecule has 1 unspecified atom stereocenters. The normalized spacial score (nSPS) is 12.2. The lowest BCUT2D eigenvalue weighted by Crippen LogP contribution is -2.15. The summed E-state index contributed by atoms with van der Waals surface area (Å²) in [6.45, 7) is 4.25. The van der Waals surface area contributed by atoms with Gasteiger partial charge in [-0.3, -0.25) is 4.79 Å². The minimum absolute atomic E-state index is 0.141. The number of hydrogen-bond acceptors (Lipinski definition) is 2. The van der Waals surface area contributed by atoms with Crippen molar-refractivity contribution < 1.29 is 9.53 Å². The first-order chi connectivity index (χ1) is 7.19. The summed E-state index contributed by atoms with van der Waals surface area (Å²) in [5, 5.41) is 0. The van der Waals surface area contributed by atoms with Crippen LogP contribution in [-0.4, -0.2) is 12.6 Å². The van der Waals surface area contributed by atoms with Gasteiger partial charge >= 0.3 is 5.97 Å². The SMILES string of the molecule is CCOC(=O)C(CC)c1cccc(Br)c1. The first-order valence-electron chi connectivity index (χ1n) is 5.11. The van der Waals surface area contributed by atoms with Crippen molar-refractivity contribution in [2.75, 3.05) is 6.61 Å². The molecule has 1 atom stereocenters. The largest absolute Gasteiger partial charge is 0.466 e. The van der Waals surface area contributed by atoms with E-state index in [2.05, 4.69) is 15.9 Å². The minimum atomic E-state index is -0.151. The van der Waals surface area contributed by atoms with Crippen LogP contribution in [0.4, 0.5) is 0 Å². The van der Waals surface area contributed by atoms with Crippen LogP contribution < -0.4 is 0 Å². The molecule has 0 aliphatic rings. The van der Waals surface area contributed by atoms with E-state index in [0.29, 0.717) is 6.61 Å². The summed E-state index contributed by atoms with van der Waals surface area (Å²) in [7, 11) is 0. The van der Waals surface area contributed by atoms with Crippen LogP contribution in [-0.2, 0) is 9.53 Å². The number of esters is 1. The molecule has 0 heterocycles. The smallest absolute Gasteiger partial charge is 0.313 e. The second-order valence-electron chi connectivity index (χ2n) is 3.27. The van der Waals surface area contributed by atoms with Gasteiger partial charge < -0.3 is 4.74 Å². The van der Waals surface area contributed by atoms with Crippen LogP contribution in [0.2, 0.25) is 0 Å². The summed E-state index contributed by atoms with van der Waals surface area (Å²) in [6, 6.07) is 7.80. The van der Waals surface area contributed by atoms with E-state index in [1.54, 1.807) is 0 Å². The summed E-state index contributed by atoms with van der Waals surface area (Å²) in [5.74, 6) is -0.291. The van der Waals surface area contributed by atoms with Gasteiger partial charge in [0.25, 0.3) is 0 Å². The van der Waals surface area contributed by atoms with Gasteiger partial charge in [-0.1, -0.05) is 35.0 Å². The standard InChI is InChI=1S/C12H15BrO2/c1-3-11(12(14)15-4-2)9-6-5-7-10(13)8-9/h5-8,11H,3-4H2,1-2H3. The Balaban J connectivity index is 2.87. The molecular weight excluding hydrogens is 256 g/mol. The average Bonchev–Trinajstić information content (AvgIpc) is 2.19. The highest BCUT2D eigenvalue weighted by atomic mass is 79.9. The zero-order valence-corrected chi connectivity index (χ0v) is 10.6. The monoisotopic (exact) mass is 270 g/mol. The number of halogens is 1. The van der Waals surface area contributed by atoms with Gasteiger partial charge in [-0.15, -0.1) is 0 Å². The van der Waals surface area contributed by atoms with Crippen molar-refractivity contribution >= 4 is 21.9 Å². The maximum atomic E-state index is 11.6. The Labute approximate surface area is 98.8 Å². The van der Waals surface area contributed by atoms with E-state index in [9.17, 15) is 4.79 Å². The van der Waals surface area contributed by atoms with Crippen LogP contribution in [0.3, 0.4) is 0 Å². The van der Waals surface area contributed by atoms with Crippen molar-refractivity contribution in [3.63, 3.8) is 0 Å². The fraction of sp³-hybridized carbons (Fsp3) is 0.417. The molecule has 0 aliphatic carbocycles. The number of hydrogen-bond donors (Lipinski definition) is 0. The number of rotatable bonds is 4. The first kappa shape index (κ1) is 12.2. The molecule has 15 heavy (non-hydrogen) atoms. The molecule has 1 aromatic rings. The van der Waals surface area contributed by atoms with Gasteiger partial charge in [0.05, 0.1) is 12.5 Å². The predicted octanol–water partition coefficient (Wildman–Crippen LogP) is 3.51. The Hall–Kier alpha value is -0.830. The molecule has 0 radical (unpaired) electrons. The van der Waals surface area contributed by atoms with Gasteiger partial charge in [-0.25, -0.2) is 0 Å². The lowest BCUT2D eigenvalue weighted by Gasteiger charge is -2.13. The van der Waals surface area contributed by atoms with Gasteiger partial charge in [-0.2, -0.15) is 0 Å². The minimum Gasteiger partial charge on any atom is -0.466 e. The number of ether oxygens (including phenoxy) is 1. The van der Waals surface area contributed by atoms with Crippen LogP contribution in [0.5, 0.6) is 0 Å². The quantitative estimate of drug-likeness (QED) is 0.783. The van der Waals surface area contributed by atoms with Gasteiger partial charge in [0.1, 0.15) is 0 Å². The summed E-state index contributed by atoms with van der Waals surface area (Å²) in [5.41, 5.74) is 1.00. The molecule has 0 bridgehead atoms. The summed E-state index contributed by atoms with van der Waals surface area (Å²) >= 11 is 3.40. The van der Waals surface area contributed by atoms with E-state index >= 15 is 0 Å². The topological polar surface area (TPSA) is 26.3 Å². The van der Waals surface area contributed by atoms with Crippen LogP contribution in [0.25, 0.3) is 0 Å². The third-order valence-corrected chi connectivity index (χ3v) is 2.72. The molecule has 1 aromatic carbocycles. The Kier molecular flexibility index (Phi) is 4.82. The summed E-state index contributed by atoms with van der Waals surface area (Å²) in [6.07, 6.45) is 0.759. The van der Waals surface area contributed by atoms with Gasteiger partial charge in [0.2, 0.25) is 0 Å². The molecule has 0 saturated heterocycles. The number of carbonyl (C=O) groups excluding carboxylic acids is 1. The van der Waals surface area contributed by atoms with E-state index < -0.39 is 0 Å². The van der Waals surface area contributed by atoms with E-state index in [1.807, 2.05) is 38.1 Å². The molecule has 0 N–H and O–H groups in total. The molecule has 0 saturated carbocycles. The molecule has 0 spiro atoms. The molecule has 0 fully saturated rings. The van der Waals surface area contributed by atoms with Gasteiger partial charge in [0.15, 0.2) is 0 Å². The van der Waals surface area contributed by atoms with Crippen LogP contribution in [0, 0.1) is 0 Å². The highest BCUT2D eigenvalue weighted by Crippen LogP contribution is 2.23. The van der Waals surface area contributed by atoms with E-state index in [4.69, 9.17) is 4.74 Å². The van der Waals surface area contributed by atoms with Gasteiger partial charge in [0, 0.05) is 4.47 Å². The summed E-state index contributed by atoms with van der Waals surface area (Å²) < 4.78 is 6.02. The van der Waals surface area contributed by atoms with Crippen molar-refractivity contribution in [1.29, 1.82) is 0 Å². The fourth-order valence-corrected chi connectivity index (χ4v) is 1.92. The van der Waals surface area contributed by atoms with Crippen LogP contribution in [0.1, 0.15) is 31.7 Å². The van der Waals surface area contributed by atoms with Crippen molar-refractivity contribution in [1.82, 2.24) is 0 Å². The number of carbonyl (C=O) groups is 1. The van der Waals surface area contributed by atoms with Gasteiger partial charge in [-0.05, 0) is 31.0 Å². The third-order valence-electron chi connectivity index (χ3n) is 2.23. The van der Waals surface area contributed by atoms with Crippen molar-refractivity contribution in [2.24, 2.45) is 0 Å². The molecule has 0 amide bonds. The molecular formula is C12H15BrO2. The molecule has 1 rings (SSSR count). The lowest BCUT2D eigenvalue weighted by atomic mass is 9.97. The van der Waals surface area contributed by atoms with E-state index in [0.717, 1.165) is 16.5 Å². The lowest BCUT2D eigenvalue weighted by molar-refractivity contribution is -0.145. The Morgan fingerprint density at radius 1 is 1.47 bits per heavy atom. The molecule has 2 nitrogen and oxygen atoms in total. The fourth-order valence-electron chi connectivity index (χ4n) is 1.50. The van der Waals surface area contributed by atoms with Crippen LogP contribution in [0.15, 0.2) is 28.7 Å². The maximum absolute atomic E-state index is 11.6. The van der Waals surface area contributed by atoms with Crippen molar-refractivity contribution in [3.8, 4) is 0 Å². The molecule has 0 aromatic heterocycles. The molecule has 0 aliphatic heterocycles. The second kappa shape index (κ2) is 5.91. The highest BCUT2D eigenvalue weighted by molar-refractivity contribution is 9.10. The average molecular weight is 271 g/mol. The maximum Gasteiger partial charge on any atom is 0.313 e. The Morgan fingerprint density at radius 2 is 2.20 bits per heavy atom. The number of benzene rings is 1. The predicted molar refractivity (Wildman–Crippen MR) is 63.8 cm³/mol.